The highest BCUT2D eigenvalue weighted by Crippen LogP contribution is 2.39. The van der Waals surface area contributed by atoms with Crippen LogP contribution in [0.3, 0.4) is 0 Å². The summed E-state index contributed by atoms with van der Waals surface area (Å²) in [5, 5.41) is 8.33. The van der Waals surface area contributed by atoms with E-state index in [1.807, 2.05) is 28.9 Å². The number of halogens is 1. The summed E-state index contributed by atoms with van der Waals surface area (Å²) < 4.78 is 14.9. The van der Waals surface area contributed by atoms with Crippen LogP contribution < -0.4 is 15.5 Å². The number of nitrogens with zero attached hydrogens (tertiary/aromatic N) is 3. The predicted octanol–water partition coefficient (Wildman–Crippen LogP) is 6.84. The van der Waals surface area contributed by atoms with E-state index >= 15 is 0 Å². The standard InChI is InChI=1S/C27H38BrN5O2Si/c1-17(2)21-13-20(35-36(6,7)27(3,4)5)8-9-23(21)32-26(29)22-14-30-33-15-18(28)12-24(33)25(22)31-19-10-11-34-16-19/h8-9,12-15,17,19,31H,10-11,16H2,1-7H3,(H2,29,32)/t19-/m0/s1. The summed E-state index contributed by atoms with van der Waals surface area (Å²) in [6.07, 6.45) is 4.65. The molecule has 1 aromatic carbocycles. The van der Waals surface area contributed by atoms with Gasteiger partial charge in [0.1, 0.15) is 11.6 Å². The first-order valence-corrected chi connectivity index (χ1v) is 16.2. The minimum absolute atomic E-state index is 0.124. The Bertz CT molecular complexity index is 1270. The molecular formula is C27H38BrN5O2Si. The first-order valence-electron chi connectivity index (χ1n) is 12.5. The van der Waals surface area contributed by atoms with Crippen molar-refractivity contribution in [1.82, 2.24) is 9.61 Å². The Morgan fingerprint density at radius 2 is 2.06 bits per heavy atom. The maximum atomic E-state index is 6.66. The summed E-state index contributed by atoms with van der Waals surface area (Å²) in [5.41, 5.74) is 11.2. The number of nitrogens with two attached hydrogens (primary N) is 1. The van der Waals surface area contributed by atoms with Gasteiger partial charge in [-0.05, 0) is 76.2 Å². The topological polar surface area (TPSA) is 86.2 Å². The summed E-state index contributed by atoms with van der Waals surface area (Å²) in [7, 11) is -1.95. The average molecular weight is 573 g/mol. The summed E-state index contributed by atoms with van der Waals surface area (Å²) in [6, 6.07) is 8.41. The highest BCUT2D eigenvalue weighted by atomic mass is 79.9. The third-order valence-electron chi connectivity index (χ3n) is 7.20. The molecule has 0 amide bonds. The van der Waals surface area contributed by atoms with Gasteiger partial charge in [-0.15, -0.1) is 0 Å². The molecule has 4 rings (SSSR count). The number of aliphatic imine (C=N–C) groups is 1. The summed E-state index contributed by atoms with van der Waals surface area (Å²) in [4.78, 5) is 4.90. The quantitative estimate of drug-likeness (QED) is 0.184. The van der Waals surface area contributed by atoms with Crippen LogP contribution >= 0.6 is 15.9 Å². The Kier molecular flexibility index (Phi) is 7.55. The lowest BCUT2D eigenvalue weighted by molar-refractivity contribution is 0.195. The largest absolute Gasteiger partial charge is 0.543 e. The monoisotopic (exact) mass is 571 g/mol. The molecule has 0 unspecified atom stereocenters. The van der Waals surface area contributed by atoms with Crippen LogP contribution in [0.5, 0.6) is 5.75 Å². The molecule has 3 aromatic rings. The van der Waals surface area contributed by atoms with Crippen molar-refractivity contribution in [1.29, 1.82) is 0 Å². The molecule has 3 heterocycles. The van der Waals surface area contributed by atoms with E-state index in [2.05, 4.69) is 80.1 Å². The number of anilines is 1. The molecule has 1 atom stereocenters. The molecule has 7 nitrogen and oxygen atoms in total. The van der Waals surface area contributed by atoms with Crippen LogP contribution in [0.4, 0.5) is 11.4 Å². The second kappa shape index (κ2) is 10.2. The van der Waals surface area contributed by atoms with Crippen molar-refractivity contribution in [3.63, 3.8) is 0 Å². The predicted molar refractivity (Wildman–Crippen MR) is 154 cm³/mol. The maximum Gasteiger partial charge on any atom is 0.250 e. The van der Waals surface area contributed by atoms with Crippen molar-refractivity contribution in [3.05, 3.63) is 52.3 Å². The second-order valence-electron chi connectivity index (χ2n) is 11.4. The molecule has 36 heavy (non-hydrogen) atoms. The van der Waals surface area contributed by atoms with Gasteiger partial charge in [-0.2, -0.15) is 5.10 Å². The van der Waals surface area contributed by atoms with Crippen LogP contribution in [-0.2, 0) is 4.74 Å². The van der Waals surface area contributed by atoms with Crippen LogP contribution in [0, 0.1) is 0 Å². The van der Waals surface area contributed by atoms with Crippen LogP contribution in [-0.4, -0.2) is 43.0 Å². The summed E-state index contributed by atoms with van der Waals surface area (Å²) in [6.45, 7) is 17.0. The van der Waals surface area contributed by atoms with Crippen LogP contribution in [0.25, 0.3) is 5.52 Å². The van der Waals surface area contributed by atoms with Crippen molar-refractivity contribution < 1.29 is 9.16 Å². The van der Waals surface area contributed by atoms with Gasteiger partial charge in [-0.3, -0.25) is 0 Å². The molecule has 1 aliphatic heterocycles. The molecule has 1 fully saturated rings. The van der Waals surface area contributed by atoms with Crippen molar-refractivity contribution in [2.75, 3.05) is 18.5 Å². The third kappa shape index (κ3) is 5.63. The number of ether oxygens (including phenoxy) is 1. The number of nitrogens with one attached hydrogen (secondary N) is 1. The molecule has 0 spiro atoms. The number of rotatable bonds is 7. The SMILES string of the molecule is CC(C)c1cc(O[Si](C)(C)C(C)(C)C)ccc1/N=C(\N)c1cnn2cc(Br)cc2c1N[C@H]1CCOC1. The number of hydrogen-bond acceptors (Lipinski definition) is 5. The van der Waals surface area contributed by atoms with Gasteiger partial charge in [-0.1, -0.05) is 34.6 Å². The molecule has 0 aliphatic carbocycles. The number of benzene rings is 1. The zero-order valence-electron chi connectivity index (χ0n) is 22.4. The molecule has 0 saturated carbocycles. The van der Waals surface area contributed by atoms with Gasteiger partial charge in [0.05, 0.1) is 41.3 Å². The average Bonchev–Trinajstić information content (AvgIpc) is 3.42. The highest BCUT2D eigenvalue weighted by molar-refractivity contribution is 9.10. The van der Waals surface area contributed by atoms with Gasteiger partial charge in [0.25, 0.3) is 0 Å². The zero-order chi connectivity index (χ0) is 26.3. The molecule has 0 radical (unpaired) electrons. The smallest absolute Gasteiger partial charge is 0.250 e. The number of fused-ring (bicyclic) bond motifs is 1. The van der Waals surface area contributed by atoms with Gasteiger partial charge in [-0.25, -0.2) is 9.51 Å². The molecule has 1 aliphatic rings. The molecule has 194 valence electrons. The first-order chi connectivity index (χ1) is 16.9. The van der Waals surface area contributed by atoms with Gasteiger partial charge in [0.15, 0.2) is 0 Å². The Labute approximate surface area is 223 Å². The van der Waals surface area contributed by atoms with Crippen molar-refractivity contribution in [3.8, 4) is 5.75 Å². The number of amidine groups is 1. The van der Waals surface area contributed by atoms with E-state index in [0.29, 0.717) is 12.4 Å². The lowest BCUT2D eigenvalue weighted by atomic mass is 10.0. The van der Waals surface area contributed by atoms with Crippen molar-refractivity contribution in [2.45, 2.75) is 71.1 Å². The number of aromatic nitrogens is 2. The van der Waals surface area contributed by atoms with Gasteiger partial charge < -0.3 is 20.2 Å². The molecule has 9 heteroatoms. The summed E-state index contributed by atoms with van der Waals surface area (Å²) in [5.74, 6) is 1.58. The lowest BCUT2D eigenvalue weighted by Gasteiger charge is -2.36. The fraction of sp³-hybridized carbons (Fsp3) is 0.481. The van der Waals surface area contributed by atoms with Crippen LogP contribution in [0.1, 0.15) is 58.1 Å². The molecular weight excluding hydrogens is 534 g/mol. The normalized spacial score (nSPS) is 17.2. The third-order valence-corrected chi connectivity index (χ3v) is 12.0. The van der Waals surface area contributed by atoms with Gasteiger partial charge >= 0.3 is 0 Å². The fourth-order valence-corrected chi connectivity index (χ4v) is 5.45. The molecule has 2 aromatic heterocycles. The van der Waals surface area contributed by atoms with E-state index in [-0.39, 0.29) is 17.0 Å². The Morgan fingerprint density at radius 1 is 1.31 bits per heavy atom. The van der Waals surface area contributed by atoms with E-state index in [4.69, 9.17) is 19.9 Å². The Morgan fingerprint density at radius 3 is 2.69 bits per heavy atom. The minimum Gasteiger partial charge on any atom is -0.543 e. The zero-order valence-corrected chi connectivity index (χ0v) is 24.9. The van der Waals surface area contributed by atoms with Crippen LogP contribution in [0.2, 0.25) is 18.1 Å². The van der Waals surface area contributed by atoms with Gasteiger partial charge in [0, 0.05) is 17.3 Å². The molecule has 3 N–H and O–H groups in total. The van der Waals surface area contributed by atoms with Gasteiger partial charge in [0.2, 0.25) is 8.32 Å². The summed E-state index contributed by atoms with van der Waals surface area (Å²) >= 11 is 3.57. The Hall–Kier alpha value is -2.36. The van der Waals surface area contributed by atoms with E-state index in [9.17, 15) is 0 Å². The highest BCUT2D eigenvalue weighted by Gasteiger charge is 2.39. The van der Waals surface area contributed by atoms with E-state index in [1.165, 1.54) is 0 Å². The van der Waals surface area contributed by atoms with Crippen molar-refractivity contribution in [2.24, 2.45) is 10.7 Å². The maximum absolute atomic E-state index is 6.66. The fourth-order valence-electron chi connectivity index (χ4n) is 4.02. The minimum atomic E-state index is -1.95. The number of hydrogen-bond donors (Lipinski definition) is 2. The van der Waals surface area contributed by atoms with E-state index < -0.39 is 8.32 Å². The van der Waals surface area contributed by atoms with Crippen LogP contribution in [0.15, 0.2) is 46.1 Å². The molecule has 1 saturated heterocycles. The molecule has 0 bridgehead atoms. The van der Waals surface area contributed by atoms with E-state index in [1.54, 1.807) is 6.20 Å². The lowest BCUT2D eigenvalue weighted by Crippen LogP contribution is -2.43. The van der Waals surface area contributed by atoms with Crippen molar-refractivity contribution >= 4 is 47.0 Å². The van der Waals surface area contributed by atoms with E-state index in [0.717, 1.165) is 51.3 Å². The first kappa shape index (κ1) is 26.7. The Balaban J connectivity index is 1.73. The second-order valence-corrected chi connectivity index (χ2v) is 17.0.